The van der Waals surface area contributed by atoms with E-state index in [1.807, 2.05) is 4.90 Å². The lowest BCUT2D eigenvalue weighted by Crippen LogP contribution is -2.43. The predicted octanol–water partition coefficient (Wildman–Crippen LogP) is 3.33. The molecule has 2 unspecified atom stereocenters. The van der Waals surface area contributed by atoms with Crippen LogP contribution < -0.4 is 0 Å². The maximum Gasteiger partial charge on any atom is 0.416 e. The van der Waals surface area contributed by atoms with Gasteiger partial charge in [-0.1, -0.05) is 18.2 Å². The lowest BCUT2D eigenvalue weighted by atomic mass is 9.98. The number of benzene rings is 1. The first-order valence-electron chi connectivity index (χ1n) is 8.19. The number of nitrogens with zero attached hydrogens (tertiary/aromatic N) is 3. The van der Waals surface area contributed by atoms with Crippen LogP contribution in [0, 0.1) is 0 Å². The van der Waals surface area contributed by atoms with Crippen LogP contribution in [0.3, 0.4) is 0 Å². The van der Waals surface area contributed by atoms with Gasteiger partial charge in [-0.15, -0.1) is 0 Å². The van der Waals surface area contributed by atoms with Crippen LogP contribution in [0.5, 0.6) is 0 Å². The lowest BCUT2D eigenvalue weighted by molar-refractivity contribution is -0.138. The Balaban J connectivity index is 1.57. The smallest absolute Gasteiger partial charge is 0.332 e. The molecule has 0 aliphatic carbocycles. The van der Waals surface area contributed by atoms with Gasteiger partial charge in [0, 0.05) is 24.2 Å². The number of aromatic nitrogens is 2. The largest absolute Gasteiger partial charge is 0.416 e. The van der Waals surface area contributed by atoms with Crippen LogP contribution in [0.2, 0.25) is 0 Å². The van der Waals surface area contributed by atoms with Gasteiger partial charge in [0.15, 0.2) is 0 Å². The molecule has 1 amide bonds. The normalized spacial score (nSPS) is 22.0. The average Bonchev–Trinajstić information content (AvgIpc) is 2.90. The maximum atomic E-state index is 12.9. The standard InChI is InChI=1S/C18H16F3N3O/c19-18(20,21)12-3-1-2-11(6-12)7-17(25)24-13-4-5-16(24)14-9-22-10-23-15(14)8-13/h1-3,6,9-10,13,16H,4-5,7-8H2. The number of carbonyl (C=O) groups excluding carboxylic acids is 1. The molecule has 4 nitrogen and oxygen atoms in total. The van der Waals surface area contributed by atoms with Crippen molar-refractivity contribution in [3.8, 4) is 0 Å². The molecule has 0 spiro atoms. The fraction of sp³-hybridized carbons (Fsp3) is 0.389. The lowest BCUT2D eigenvalue weighted by Gasteiger charge is -2.35. The van der Waals surface area contributed by atoms with E-state index in [4.69, 9.17) is 0 Å². The molecule has 2 bridgehead atoms. The van der Waals surface area contributed by atoms with Crippen molar-refractivity contribution in [1.29, 1.82) is 0 Å². The van der Waals surface area contributed by atoms with Crippen molar-refractivity contribution < 1.29 is 18.0 Å². The second-order valence-corrected chi connectivity index (χ2v) is 6.55. The number of halogens is 3. The second-order valence-electron chi connectivity index (χ2n) is 6.55. The zero-order valence-electron chi connectivity index (χ0n) is 13.3. The van der Waals surface area contributed by atoms with Gasteiger partial charge >= 0.3 is 6.18 Å². The van der Waals surface area contributed by atoms with Gasteiger partial charge in [0.05, 0.1) is 23.7 Å². The van der Waals surface area contributed by atoms with Crippen LogP contribution in [-0.2, 0) is 23.8 Å². The summed E-state index contributed by atoms with van der Waals surface area (Å²) in [6.07, 6.45) is 1.24. The van der Waals surface area contributed by atoms with Gasteiger partial charge < -0.3 is 4.90 Å². The minimum absolute atomic E-state index is 0.0278. The molecule has 3 heterocycles. The highest BCUT2D eigenvalue weighted by Gasteiger charge is 2.43. The van der Waals surface area contributed by atoms with Crippen LogP contribution in [0.1, 0.15) is 41.3 Å². The Morgan fingerprint density at radius 2 is 2.12 bits per heavy atom. The van der Waals surface area contributed by atoms with E-state index < -0.39 is 11.7 Å². The Kier molecular flexibility index (Phi) is 3.74. The Bertz CT molecular complexity index is 821. The van der Waals surface area contributed by atoms with E-state index in [9.17, 15) is 18.0 Å². The molecule has 2 aromatic rings. The molecule has 1 aromatic heterocycles. The Hall–Kier alpha value is -2.44. The monoisotopic (exact) mass is 347 g/mol. The zero-order valence-corrected chi connectivity index (χ0v) is 13.3. The highest BCUT2D eigenvalue weighted by molar-refractivity contribution is 5.80. The first-order valence-corrected chi connectivity index (χ1v) is 8.19. The summed E-state index contributed by atoms with van der Waals surface area (Å²) in [6, 6.07) is 5.00. The number of hydrogen-bond acceptors (Lipinski definition) is 3. The number of amides is 1. The molecule has 2 aliphatic rings. The van der Waals surface area contributed by atoms with Crippen molar-refractivity contribution in [2.45, 2.75) is 43.9 Å². The first-order chi connectivity index (χ1) is 11.9. The Morgan fingerprint density at radius 1 is 1.28 bits per heavy atom. The third-order valence-electron chi connectivity index (χ3n) is 5.02. The molecule has 0 saturated carbocycles. The van der Waals surface area contributed by atoms with Crippen molar-refractivity contribution in [3.63, 3.8) is 0 Å². The summed E-state index contributed by atoms with van der Waals surface area (Å²) in [5.41, 5.74) is 1.60. The highest BCUT2D eigenvalue weighted by atomic mass is 19.4. The minimum atomic E-state index is -4.40. The molecule has 7 heteroatoms. The van der Waals surface area contributed by atoms with E-state index in [1.54, 1.807) is 12.3 Å². The average molecular weight is 347 g/mol. The van der Waals surface area contributed by atoms with Gasteiger partial charge in [0.2, 0.25) is 5.91 Å². The third kappa shape index (κ3) is 2.88. The van der Waals surface area contributed by atoms with Crippen LogP contribution >= 0.6 is 0 Å². The van der Waals surface area contributed by atoms with Gasteiger partial charge in [-0.25, -0.2) is 9.97 Å². The van der Waals surface area contributed by atoms with Crippen LogP contribution in [0.4, 0.5) is 13.2 Å². The summed E-state index contributed by atoms with van der Waals surface area (Å²) in [6.45, 7) is 0. The van der Waals surface area contributed by atoms with Crippen molar-refractivity contribution >= 4 is 5.91 Å². The molecular weight excluding hydrogens is 331 g/mol. The van der Waals surface area contributed by atoms with Crippen LogP contribution in [0.25, 0.3) is 0 Å². The SMILES string of the molecule is O=C(Cc1cccc(C(F)(F)F)c1)N1C2CCC1c1cncnc1C2. The topological polar surface area (TPSA) is 46.1 Å². The Labute approximate surface area is 142 Å². The van der Waals surface area contributed by atoms with E-state index in [1.165, 1.54) is 12.4 Å². The molecule has 0 N–H and O–H groups in total. The zero-order chi connectivity index (χ0) is 17.6. The van der Waals surface area contributed by atoms with Crippen LogP contribution in [-0.4, -0.2) is 26.8 Å². The molecule has 0 radical (unpaired) electrons. The van der Waals surface area contributed by atoms with Gasteiger partial charge in [0.1, 0.15) is 6.33 Å². The number of rotatable bonds is 2. The molecule has 25 heavy (non-hydrogen) atoms. The van der Waals surface area contributed by atoms with Gasteiger partial charge in [-0.3, -0.25) is 4.79 Å². The summed E-state index contributed by atoms with van der Waals surface area (Å²) in [7, 11) is 0. The van der Waals surface area contributed by atoms with Crippen molar-refractivity contribution in [2.24, 2.45) is 0 Å². The summed E-state index contributed by atoms with van der Waals surface area (Å²) in [4.78, 5) is 23.0. The maximum absolute atomic E-state index is 12.9. The van der Waals surface area contributed by atoms with Crippen molar-refractivity contribution in [3.05, 3.63) is 59.2 Å². The van der Waals surface area contributed by atoms with E-state index in [2.05, 4.69) is 9.97 Å². The van der Waals surface area contributed by atoms with E-state index >= 15 is 0 Å². The highest BCUT2D eigenvalue weighted by Crippen LogP contribution is 2.43. The quantitative estimate of drug-likeness (QED) is 0.837. The molecule has 1 saturated heterocycles. The number of fused-ring (bicyclic) bond motifs is 4. The number of carbonyl (C=O) groups is 1. The number of hydrogen-bond donors (Lipinski definition) is 0. The van der Waals surface area contributed by atoms with E-state index in [0.29, 0.717) is 12.0 Å². The van der Waals surface area contributed by atoms with Gasteiger partial charge in [0.25, 0.3) is 0 Å². The molecule has 1 fully saturated rings. The predicted molar refractivity (Wildman–Crippen MR) is 83.5 cm³/mol. The molecule has 1 aromatic carbocycles. The molecular formula is C18H16F3N3O. The second kappa shape index (κ2) is 5.82. The minimum Gasteiger partial charge on any atom is -0.332 e. The van der Waals surface area contributed by atoms with Crippen molar-refractivity contribution in [2.75, 3.05) is 0 Å². The first kappa shape index (κ1) is 16.1. The third-order valence-corrected chi connectivity index (χ3v) is 5.02. The number of alkyl halides is 3. The van der Waals surface area contributed by atoms with Crippen molar-refractivity contribution in [1.82, 2.24) is 14.9 Å². The summed E-state index contributed by atoms with van der Waals surface area (Å²) >= 11 is 0. The molecule has 130 valence electrons. The van der Waals surface area contributed by atoms with Gasteiger partial charge in [-0.05, 0) is 24.5 Å². The summed E-state index contributed by atoms with van der Waals surface area (Å²) in [5.74, 6) is -0.138. The fourth-order valence-corrected chi connectivity index (χ4v) is 3.93. The molecule has 4 rings (SSSR count). The summed E-state index contributed by atoms with van der Waals surface area (Å²) in [5, 5.41) is 0. The molecule has 2 atom stereocenters. The molecule has 2 aliphatic heterocycles. The van der Waals surface area contributed by atoms with Gasteiger partial charge in [-0.2, -0.15) is 13.2 Å². The van der Waals surface area contributed by atoms with E-state index in [0.717, 1.165) is 36.2 Å². The summed E-state index contributed by atoms with van der Waals surface area (Å²) < 4.78 is 38.6. The van der Waals surface area contributed by atoms with Crippen LogP contribution in [0.15, 0.2) is 36.8 Å². The van der Waals surface area contributed by atoms with E-state index in [-0.39, 0.29) is 24.4 Å². The Morgan fingerprint density at radius 3 is 2.92 bits per heavy atom. The fourth-order valence-electron chi connectivity index (χ4n) is 3.93.